The molecular weight excluding hydrogens is 221 g/mol. The summed E-state index contributed by atoms with van der Waals surface area (Å²) in [4.78, 5) is 12.2. The van der Waals surface area contributed by atoms with E-state index in [9.17, 15) is 9.18 Å². The third-order valence-electron chi connectivity index (χ3n) is 2.67. The fourth-order valence-electron chi connectivity index (χ4n) is 1.53. The first-order valence-corrected chi connectivity index (χ1v) is 5.36. The first kappa shape index (κ1) is 13.4. The Balaban J connectivity index is 2.67. The van der Waals surface area contributed by atoms with E-state index in [2.05, 4.69) is 0 Å². The van der Waals surface area contributed by atoms with Crippen LogP contribution in [-0.4, -0.2) is 29.6 Å². The molecule has 0 radical (unpaired) electrons. The molecule has 0 aliphatic carbocycles. The average molecular weight is 237 g/mol. The maximum atomic E-state index is 13.5. The second-order valence-corrected chi connectivity index (χ2v) is 3.88. The molecule has 0 aromatic heterocycles. The lowest BCUT2D eigenvalue weighted by atomic mass is 10.1. The number of hydrogen-bond donors (Lipinski definition) is 1. The number of halogens is 1. The number of benzene rings is 1. The second-order valence-electron chi connectivity index (χ2n) is 3.88. The molecule has 0 spiro atoms. The van der Waals surface area contributed by atoms with Gasteiger partial charge < -0.3 is 5.11 Å². The Labute approximate surface area is 100 Å². The van der Waals surface area contributed by atoms with Crippen molar-refractivity contribution < 1.29 is 14.3 Å². The molecule has 0 saturated carbocycles. The molecule has 1 N–H and O–H groups in total. The standard InChI is InChI=1S/C13H16FNO2/c1-10(11-6-3-4-7-12(11)14)15(2)9-5-8-13(16)17/h3-8,10H,9H2,1-2H3,(H,16,17)/b8-5+. The summed E-state index contributed by atoms with van der Waals surface area (Å²) >= 11 is 0. The molecule has 0 bridgehead atoms. The Bertz CT molecular complexity index is 418. The number of hydrogen-bond acceptors (Lipinski definition) is 2. The third kappa shape index (κ3) is 4.00. The summed E-state index contributed by atoms with van der Waals surface area (Å²) in [6.07, 6.45) is 2.63. The fraction of sp³-hybridized carbons (Fsp3) is 0.308. The van der Waals surface area contributed by atoms with Gasteiger partial charge in [-0.05, 0) is 20.0 Å². The molecular formula is C13H16FNO2. The Morgan fingerprint density at radius 1 is 1.53 bits per heavy atom. The summed E-state index contributed by atoms with van der Waals surface area (Å²) in [5.74, 6) is -1.22. The van der Waals surface area contributed by atoms with Gasteiger partial charge in [0, 0.05) is 24.2 Å². The SMILES string of the molecule is CC(c1ccccc1F)N(C)C/C=C/C(=O)O. The summed E-state index contributed by atoms with van der Waals surface area (Å²) < 4.78 is 13.5. The number of carboxylic acid groups (broad SMARTS) is 1. The van der Waals surface area contributed by atoms with E-state index in [-0.39, 0.29) is 11.9 Å². The van der Waals surface area contributed by atoms with E-state index in [1.54, 1.807) is 24.3 Å². The normalized spacial score (nSPS) is 13.2. The molecule has 4 heteroatoms. The summed E-state index contributed by atoms with van der Waals surface area (Å²) in [6.45, 7) is 2.34. The minimum atomic E-state index is -0.975. The lowest BCUT2D eigenvalue weighted by Gasteiger charge is -2.23. The van der Waals surface area contributed by atoms with Crippen molar-refractivity contribution >= 4 is 5.97 Å². The van der Waals surface area contributed by atoms with E-state index < -0.39 is 5.97 Å². The predicted octanol–water partition coefficient (Wildman–Crippen LogP) is 2.46. The summed E-state index contributed by atoms with van der Waals surface area (Å²) in [6, 6.07) is 6.49. The van der Waals surface area contributed by atoms with Crippen LogP contribution in [0.4, 0.5) is 4.39 Å². The Morgan fingerprint density at radius 2 is 2.18 bits per heavy atom. The Morgan fingerprint density at radius 3 is 2.76 bits per heavy atom. The van der Waals surface area contributed by atoms with Gasteiger partial charge in [-0.15, -0.1) is 0 Å². The van der Waals surface area contributed by atoms with Crippen molar-refractivity contribution in [2.75, 3.05) is 13.6 Å². The number of aliphatic carboxylic acids is 1. The van der Waals surface area contributed by atoms with E-state index in [4.69, 9.17) is 5.11 Å². The number of rotatable bonds is 5. The topological polar surface area (TPSA) is 40.5 Å². The van der Waals surface area contributed by atoms with Crippen molar-refractivity contribution in [3.63, 3.8) is 0 Å². The van der Waals surface area contributed by atoms with Gasteiger partial charge in [0.05, 0.1) is 0 Å². The number of carbonyl (C=O) groups is 1. The minimum Gasteiger partial charge on any atom is -0.478 e. The van der Waals surface area contributed by atoms with Crippen LogP contribution in [0.5, 0.6) is 0 Å². The maximum Gasteiger partial charge on any atom is 0.328 e. The lowest BCUT2D eigenvalue weighted by molar-refractivity contribution is -0.131. The van der Waals surface area contributed by atoms with E-state index >= 15 is 0 Å². The molecule has 0 heterocycles. The first-order chi connectivity index (χ1) is 8.02. The molecule has 0 fully saturated rings. The summed E-state index contributed by atoms with van der Waals surface area (Å²) in [7, 11) is 1.82. The van der Waals surface area contributed by atoms with Gasteiger partial charge in [-0.3, -0.25) is 4.90 Å². The van der Waals surface area contributed by atoms with E-state index in [1.807, 2.05) is 18.9 Å². The van der Waals surface area contributed by atoms with Crippen LogP contribution >= 0.6 is 0 Å². The van der Waals surface area contributed by atoms with E-state index in [0.29, 0.717) is 12.1 Å². The molecule has 3 nitrogen and oxygen atoms in total. The van der Waals surface area contributed by atoms with Gasteiger partial charge >= 0.3 is 5.97 Å². The molecule has 0 aliphatic rings. The molecule has 1 atom stereocenters. The van der Waals surface area contributed by atoms with Gasteiger partial charge in [0.15, 0.2) is 0 Å². The van der Waals surface area contributed by atoms with Crippen LogP contribution in [0.3, 0.4) is 0 Å². The Hall–Kier alpha value is -1.68. The smallest absolute Gasteiger partial charge is 0.328 e. The van der Waals surface area contributed by atoms with Gasteiger partial charge in [0.1, 0.15) is 5.82 Å². The van der Waals surface area contributed by atoms with E-state index in [0.717, 1.165) is 6.08 Å². The van der Waals surface area contributed by atoms with Crippen LogP contribution in [0.15, 0.2) is 36.4 Å². The van der Waals surface area contributed by atoms with Crippen LogP contribution in [0.2, 0.25) is 0 Å². The van der Waals surface area contributed by atoms with Crippen LogP contribution in [0, 0.1) is 5.82 Å². The highest BCUT2D eigenvalue weighted by Crippen LogP contribution is 2.21. The highest BCUT2D eigenvalue weighted by Gasteiger charge is 2.13. The van der Waals surface area contributed by atoms with Crippen molar-refractivity contribution in [3.8, 4) is 0 Å². The highest BCUT2D eigenvalue weighted by atomic mass is 19.1. The van der Waals surface area contributed by atoms with Gasteiger partial charge in [-0.1, -0.05) is 24.3 Å². The molecule has 1 rings (SSSR count). The molecule has 0 aliphatic heterocycles. The van der Waals surface area contributed by atoms with Gasteiger partial charge in [-0.2, -0.15) is 0 Å². The summed E-state index contributed by atoms with van der Waals surface area (Å²) in [5.41, 5.74) is 0.610. The zero-order valence-electron chi connectivity index (χ0n) is 9.93. The van der Waals surface area contributed by atoms with Gasteiger partial charge in [-0.25, -0.2) is 9.18 Å². The Kier molecular flexibility index (Phi) is 4.84. The third-order valence-corrected chi connectivity index (χ3v) is 2.67. The van der Waals surface area contributed by atoms with Crippen molar-refractivity contribution in [1.82, 2.24) is 4.90 Å². The fourth-order valence-corrected chi connectivity index (χ4v) is 1.53. The van der Waals surface area contributed by atoms with Gasteiger partial charge in [0.2, 0.25) is 0 Å². The number of likely N-dealkylation sites (N-methyl/N-ethyl adjacent to an activating group) is 1. The molecule has 0 saturated heterocycles. The van der Waals surface area contributed by atoms with Crippen LogP contribution in [0.1, 0.15) is 18.5 Å². The van der Waals surface area contributed by atoms with E-state index in [1.165, 1.54) is 6.07 Å². The average Bonchev–Trinajstić information content (AvgIpc) is 2.28. The zero-order valence-corrected chi connectivity index (χ0v) is 9.93. The van der Waals surface area contributed by atoms with Gasteiger partial charge in [0.25, 0.3) is 0 Å². The molecule has 1 aromatic rings. The second kappa shape index (κ2) is 6.15. The molecule has 92 valence electrons. The van der Waals surface area contributed by atoms with Crippen LogP contribution in [0.25, 0.3) is 0 Å². The van der Waals surface area contributed by atoms with Crippen molar-refractivity contribution in [3.05, 3.63) is 47.8 Å². The minimum absolute atomic E-state index is 0.102. The quantitative estimate of drug-likeness (QED) is 0.800. The summed E-state index contributed by atoms with van der Waals surface area (Å²) in [5, 5.41) is 8.46. The van der Waals surface area contributed by atoms with Crippen LogP contribution in [-0.2, 0) is 4.79 Å². The molecule has 17 heavy (non-hydrogen) atoms. The zero-order chi connectivity index (χ0) is 12.8. The predicted molar refractivity (Wildman–Crippen MR) is 64.2 cm³/mol. The molecule has 0 amide bonds. The number of carboxylic acids is 1. The first-order valence-electron chi connectivity index (χ1n) is 5.36. The monoisotopic (exact) mass is 237 g/mol. The van der Waals surface area contributed by atoms with Crippen molar-refractivity contribution in [2.24, 2.45) is 0 Å². The lowest BCUT2D eigenvalue weighted by Crippen LogP contribution is -2.23. The number of nitrogens with zero attached hydrogens (tertiary/aromatic N) is 1. The molecule has 1 unspecified atom stereocenters. The van der Waals surface area contributed by atoms with Crippen molar-refractivity contribution in [2.45, 2.75) is 13.0 Å². The van der Waals surface area contributed by atoms with Crippen LogP contribution < -0.4 is 0 Å². The maximum absolute atomic E-state index is 13.5. The highest BCUT2D eigenvalue weighted by molar-refractivity contribution is 5.79. The largest absolute Gasteiger partial charge is 0.478 e. The molecule has 1 aromatic carbocycles. The van der Waals surface area contributed by atoms with Crippen molar-refractivity contribution in [1.29, 1.82) is 0 Å².